The van der Waals surface area contributed by atoms with E-state index in [1.54, 1.807) is 28.1 Å². The summed E-state index contributed by atoms with van der Waals surface area (Å²) in [7, 11) is -2.85. The van der Waals surface area contributed by atoms with Crippen LogP contribution in [0.5, 0.6) is 11.5 Å². The third-order valence-electron chi connectivity index (χ3n) is 11.7. The number of carbonyl (C=O) groups excluding carboxylic acids is 1. The molecule has 2 saturated heterocycles. The molecule has 5 atom stereocenters. The number of sulfonamides is 1. The number of amides is 1. The lowest BCUT2D eigenvalue weighted by molar-refractivity contribution is -0.168. The van der Waals surface area contributed by atoms with E-state index in [2.05, 4.69) is 31.0 Å². The number of carbonyl (C=O) groups is 1. The van der Waals surface area contributed by atoms with Gasteiger partial charge in [-0.2, -0.15) is 14.6 Å². The number of nitriles is 1. The molecule has 2 aliphatic heterocycles. The van der Waals surface area contributed by atoms with E-state index in [4.69, 9.17) is 28.0 Å². The molecular weight excluding hydrogens is 888 g/mol. The minimum Gasteiger partial charge on any atom is -0.497 e. The van der Waals surface area contributed by atoms with Crippen molar-refractivity contribution in [2.24, 2.45) is 5.92 Å². The number of imidazole rings is 1. The Kier molecular flexibility index (Phi) is 14.7. The summed E-state index contributed by atoms with van der Waals surface area (Å²) in [6, 6.07) is 25.5. The molecule has 4 heterocycles. The fourth-order valence-corrected chi connectivity index (χ4v) is 11.6. The Labute approximate surface area is 386 Å². The Bertz CT molecular complexity index is 2640. The van der Waals surface area contributed by atoms with Gasteiger partial charge in [0, 0.05) is 24.5 Å². The van der Waals surface area contributed by atoms with E-state index >= 15 is 0 Å². The van der Waals surface area contributed by atoms with Crippen LogP contribution in [-0.4, -0.2) is 113 Å². The lowest BCUT2D eigenvalue weighted by atomic mass is 9.79. The summed E-state index contributed by atoms with van der Waals surface area (Å²) >= 11 is 0. The fraction of sp³-hybridized carbons (Fsp3) is 0.457. The van der Waals surface area contributed by atoms with Crippen molar-refractivity contribution in [3.63, 3.8) is 0 Å². The highest BCUT2D eigenvalue weighted by Gasteiger charge is 2.69. The van der Waals surface area contributed by atoms with Crippen LogP contribution in [0.1, 0.15) is 70.9 Å². The number of ether oxygens (including phenoxy) is 4. The van der Waals surface area contributed by atoms with Gasteiger partial charge in [-0.1, -0.05) is 68.4 Å². The SMILES string of the molecule is COc1ccc(C(OC[C@@]23CN(S(C)(=O)=O)[C@@H]([C@H](n4cnc5c(=O)[nH]c(NC(=O)C(C)C)nc54)O2)[C@@H]3OP(OCCC#N)N(C(C)C)C(C)C)(c2ccccc2)c2ccc(OC)cc2)cc1. The molecule has 352 valence electrons. The van der Waals surface area contributed by atoms with Crippen molar-refractivity contribution in [3.05, 3.63) is 112 Å². The number of fused-ring (bicyclic) bond motifs is 3. The van der Waals surface area contributed by atoms with Gasteiger partial charge in [-0.3, -0.25) is 24.5 Å². The van der Waals surface area contributed by atoms with Crippen molar-refractivity contribution in [3.8, 4) is 17.6 Å². The number of H-pyrrole nitrogens is 1. The number of hydrogen-bond donors (Lipinski definition) is 2. The summed E-state index contributed by atoms with van der Waals surface area (Å²) in [6.45, 7) is 11.0. The largest absolute Gasteiger partial charge is 0.497 e. The summed E-state index contributed by atoms with van der Waals surface area (Å²) in [6.07, 6.45) is 0.274. The topological polar surface area (TPSA) is 212 Å². The minimum atomic E-state index is -4.04. The second kappa shape index (κ2) is 19.9. The highest BCUT2D eigenvalue weighted by atomic mass is 32.2. The van der Waals surface area contributed by atoms with Crippen molar-refractivity contribution < 1.29 is 41.2 Å². The number of methoxy groups -OCH3 is 2. The highest BCUT2D eigenvalue weighted by Crippen LogP contribution is 2.57. The van der Waals surface area contributed by atoms with Gasteiger partial charge in [0.2, 0.25) is 21.9 Å². The van der Waals surface area contributed by atoms with Crippen LogP contribution in [0.2, 0.25) is 0 Å². The van der Waals surface area contributed by atoms with Gasteiger partial charge in [0.05, 0.1) is 58.5 Å². The van der Waals surface area contributed by atoms with E-state index in [0.717, 1.165) is 22.9 Å². The molecule has 18 nitrogen and oxygen atoms in total. The maximum absolute atomic E-state index is 14.2. The molecule has 0 saturated carbocycles. The maximum atomic E-state index is 14.2. The molecule has 7 rings (SSSR count). The summed E-state index contributed by atoms with van der Waals surface area (Å²) in [5.74, 6) is 0.332. The second-order valence-electron chi connectivity index (χ2n) is 17.1. The number of hydrogen-bond acceptors (Lipinski definition) is 14. The second-order valence-corrected chi connectivity index (χ2v) is 20.5. The number of aromatic nitrogens is 4. The van der Waals surface area contributed by atoms with Crippen LogP contribution in [0.25, 0.3) is 11.2 Å². The van der Waals surface area contributed by atoms with E-state index in [-0.39, 0.29) is 61.3 Å². The Balaban J connectivity index is 1.45. The van der Waals surface area contributed by atoms with E-state index < -0.39 is 59.6 Å². The molecule has 1 unspecified atom stereocenters. The van der Waals surface area contributed by atoms with Crippen molar-refractivity contribution in [2.45, 2.75) is 89.6 Å². The minimum absolute atomic E-state index is 0.0345. The zero-order valence-corrected chi connectivity index (χ0v) is 40.2. The Morgan fingerprint density at radius 2 is 1.58 bits per heavy atom. The van der Waals surface area contributed by atoms with E-state index in [1.807, 2.05) is 107 Å². The third kappa shape index (κ3) is 9.47. The van der Waals surface area contributed by atoms with Gasteiger partial charge in [0.1, 0.15) is 28.8 Å². The average molecular weight is 945 g/mol. The first-order chi connectivity index (χ1) is 31.5. The zero-order chi connectivity index (χ0) is 47.6. The van der Waals surface area contributed by atoms with Crippen LogP contribution in [0, 0.1) is 17.2 Å². The molecule has 66 heavy (non-hydrogen) atoms. The first-order valence-corrected chi connectivity index (χ1v) is 24.6. The summed E-state index contributed by atoms with van der Waals surface area (Å²) in [5.41, 5.74) is -1.38. The van der Waals surface area contributed by atoms with Crippen LogP contribution in [0.3, 0.4) is 0 Å². The summed E-state index contributed by atoms with van der Waals surface area (Å²) < 4.78 is 72.7. The lowest BCUT2D eigenvalue weighted by Gasteiger charge is -2.42. The average Bonchev–Trinajstić information content (AvgIpc) is 3.95. The molecule has 3 aromatic carbocycles. The van der Waals surface area contributed by atoms with Crippen molar-refractivity contribution >= 4 is 41.6 Å². The van der Waals surface area contributed by atoms with Gasteiger partial charge in [0.25, 0.3) is 14.1 Å². The van der Waals surface area contributed by atoms with Gasteiger partial charge in [-0.25, -0.2) is 18.1 Å². The first kappa shape index (κ1) is 48.6. The molecule has 5 aromatic rings. The molecule has 1 amide bonds. The Morgan fingerprint density at radius 3 is 2.11 bits per heavy atom. The van der Waals surface area contributed by atoms with E-state index in [0.29, 0.717) is 11.5 Å². The molecular formula is C46H57N8O10PS. The third-order valence-corrected chi connectivity index (χ3v) is 15.0. The van der Waals surface area contributed by atoms with Crippen LogP contribution in [-0.2, 0) is 38.9 Å². The normalized spacial score (nSPS) is 20.4. The summed E-state index contributed by atoms with van der Waals surface area (Å²) in [4.78, 5) is 37.9. The maximum Gasteiger partial charge on any atom is 0.280 e. The van der Waals surface area contributed by atoms with Gasteiger partial charge in [0.15, 0.2) is 17.4 Å². The fourth-order valence-electron chi connectivity index (χ4n) is 8.64. The number of morpholine rings is 1. The van der Waals surface area contributed by atoms with Crippen LogP contribution >= 0.6 is 8.53 Å². The van der Waals surface area contributed by atoms with Crippen molar-refractivity contribution in [1.29, 1.82) is 5.26 Å². The standard InChI is InChI=1S/C46H57N8O10PS/c1-29(2)41(55)50-44-49-40-37(42(56)51-44)48-28-52(40)43-38-39(64-65(62-25-13-24-47)54(30(3)4)31(5)6)45(63-43,26-53(38)66(9,57)58)27-61-46(32-14-11-10-12-15-32,33-16-20-35(59-7)21-17-33)34-18-22-36(60-8)23-19-34/h10-12,14-23,28-31,38-39,43H,13,25-27H2,1-9H3,(H2,49,50,51,55,56)/t38-,39+,43-,45-,65?/m1/s1. The Morgan fingerprint density at radius 1 is 0.985 bits per heavy atom. The van der Waals surface area contributed by atoms with Crippen molar-refractivity contribution in [1.82, 2.24) is 28.5 Å². The zero-order valence-electron chi connectivity index (χ0n) is 38.5. The monoisotopic (exact) mass is 944 g/mol. The molecule has 2 fully saturated rings. The molecule has 20 heteroatoms. The van der Waals surface area contributed by atoms with Crippen LogP contribution < -0.4 is 20.3 Å². The highest BCUT2D eigenvalue weighted by molar-refractivity contribution is 7.88. The molecule has 2 aliphatic rings. The smallest absolute Gasteiger partial charge is 0.280 e. The van der Waals surface area contributed by atoms with Gasteiger partial charge in [-0.05, 0) is 68.7 Å². The van der Waals surface area contributed by atoms with Crippen LogP contribution in [0.4, 0.5) is 5.95 Å². The van der Waals surface area contributed by atoms with Crippen molar-refractivity contribution in [2.75, 3.05) is 45.6 Å². The number of nitrogens with zero attached hydrogens (tertiary/aromatic N) is 6. The first-order valence-electron chi connectivity index (χ1n) is 21.6. The van der Waals surface area contributed by atoms with Gasteiger partial charge < -0.3 is 28.0 Å². The number of rotatable bonds is 20. The predicted molar refractivity (Wildman–Crippen MR) is 248 cm³/mol. The molecule has 2 N–H and O–H groups in total. The van der Waals surface area contributed by atoms with E-state index in [1.165, 1.54) is 15.2 Å². The molecule has 2 aromatic heterocycles. The van der Waals surface area contributed by atoms with E-state index in [9.17, 15) is 23.3 Å². The predicted octanol–water partition coefficient (Wildman–Crippen LogP) is 6.31. The number of anilines is 1. The van der Waals surface area contributed by atoms with Crippen LogP contribution in [0.15, 0.2) is 90.0 Å². The van der Waals surface area contributed by atoms with Gasteiger partial charge >= 0.3 is 0 Å². The Hall–Kier alpha value is -5.29. The van der Waals surface area contributed by atoms with Gasteiger partial charge in [-0.15, -0.1) is 0 Å². The lowest BCUT2D eigenvalue weighted by Crippen LogP contribution is -2.51. The number of nitrogens with one attached hydrogen (secondary N) is 2. The number of aromatic amines is 1. The quantitative estimate of drug-likeness (QED) is 0.0497. The number of benzene rings is 3. The summed E-state index contributed by atoms with van der Waals surface area (Å²) in [5, 5.41) is 12.2. The molecule has 2 bridgehead atoms. The molecule has 0 radical (unpaired) electrons. The molecule has 0 aliphatic carbocycles. The molecule has 0 spiro atoms.